The molecule has 1 atom stereocenters. The molecule has 0 heterocycles. The van der Waals surface area contributed by atoms with Crippen molar-refractivity contribution in [1.29, 1.82) is 0 Å². The second-order valence-electron chi connectivity index (χ2n) is 4.19. The largest absolute Gasteiger partial charge is 0.480 e. The molecule has 21 heavy (non-hydrogen) atoms. The molecule has 0 radical (unpaired) electrons. The van der Waals surface area contributed by atoms with E-state index in [-0.39, 0.29) is 0 Å². The van der Waals surface area contributed by atoms with E-state index in [0.717, 1.165) is 0 Å². The highest BCUT2D eigenvalue weighted by Crippen LogP contribution is 2.23. The minimum atomic E-state index is -1.04. The predicted octanol–water partition coefficient (Wildman–Crippen LogP) is 3.33. The summed E-state index contributed by atoms with van der Waals surface area (Å²) in [4.78, 5) is 22.7. The highest BCUT2D eigenvalue weighted by molar-refractivity contribution is 7.98. The van der Waals surface area contributed by atoms with Crippen LogP contribution in [0.15, 0.2) is 24.3 Å². The van der Waals surface area contributed by atoms with Crippen molar-refractivity contribution in [3.8, 4) is 0 Å². The molecule has 2 N–H and O–H groups in total. The van der Waals surface area contributed by atoms with Crippen LogP contribution >= 0.6 is 35.0 Å². The lowest BCUT2D eigenvalue weighted by Crippen LogP contribution is -2.40. The van der Waals surface area contributed by atoms with Gasteiger partial charge in [-0.2, -0.15) is 11.8 Å². The highest BCUT2D eigenvalue weighted by Gasteiger charge is 2.17. The molecule has 0 bridgehead atoms. The van der Waals surface area contributed by atoms with E-state index in [1.165, 1.54) is 17.8 Å². The molecule has 1 aromatic carbocycles. The third-order valence-electron chi connectivity index (χ3n) is 2.60. The summed E-state index contributed by atoms with van der Waals surface area (Å²) in [6.07, 6.45) is 5.08. The normalized spacial score (nSPS) is 12.3. The number of carboxylic acids is 1. The first-order valence-corrected chi connectivity index (χ1v) is 8.24. The molecular formula is C14H15Cl2NO3S. The molecule has 0 saturated heterocycles. The number of thioether (sulfide) groups is 1. The number of benzene rings is 1. The van der Waals surface area contributed by atoms with E-state index in [2.05, 4.69) is 5.32 Å². The molecule has 0 fully saturated rings. The second kappa shape index (κ2) is 8.97. The molecule has 0 unspecified atom stereocenters. The van der Waals surface area contributed by atoms with Crippen LogP contribution in [0.4, 0.5) is 0 Å². The van der Waals surface area contributed by atoms with Gasteiger partial charge in [-0.05, 0) is 42.2 Å². The van der Waals surface area contributed by atoms with Gasteiger partial charge in [0.2, 0.25) is 5.91 Å². The van der Waals surface area contributed by atoms with Gasteiger partial charge in [0.25, 0.3) is 0 Å². The molecule has 114 valence electrons. The maximum absolute atomic E-state index is 11.7. The van der Waals surface area contributed by atoms with E-state index >= 15 is 0 Å². The molecule has 0 aliphatic rings. The lowest BCUT2D eigenvalue weighted by Gasteiger charge is -2.12. The monoisotopic (exact) mass is 347 g/mol. The Balaban J connectivity index is 2.64. The van der Waals surface area contributed by atoms with Gasteiger partial charge in [-0.15, -0.1) is 0 Å². The van der Waals surface area contributed by atoms with Crippen molar-refractivity contribution in [2.24, 2.45) is 0 Å². The smallest absolute Gasteiger partial charge is 0.326 e. The Hall–Kier alpha value is -1.17. The molecule has 0 aromatic heterocycles. The average molecular weight is 348 g/mol. The van der Waals surface area contributed by atoms with Gasteiger partial charge in [-0.1, -0.05) is 29.3 Å². The van der Waals surface area contributed by atoms with Crippen LogP contribution < -0.4 is 5.32 Å². The van der Waals surface area contributed by atoms with Crippen LogP contribution in [0, 0.1) is 0 Å². The van der Waals surface area contributed by atoms with Crippen LogP contribution in [0.1, 0.15) is 12.0 Å². The van der Waals surface area contributed by atoms with E-state index in [1.807, 2.05) is 6.26 Å². The molecule has 7 heteroatoms. The van der Waals surface area contributed by atoms with Gasteiger partial charge in [0.1, 0.15) is 6.04 Å². The number of halogens is 2. The summed E-state index contributed by atoms with van der Waals surface area (Å²) in [6, 6.07) is 4.07. The molecule has 0 saturated carbocycles. The van der Waals surface area contributed by atoms with Gasteiger partial charge in [-0.3, -0.25) is 4.79 Å². The standard InChI is InChI=1S/C14H15Cl2NO3S/c1-21-7-6-12(14(19)20)17-13(18)5-3-9-2-4-10(15)11(16)8-9/h2-5,8,12H,6-7H2,1H3,(H,17,18)(H,19,20)/b5-3+/t12-/m1/s1. The fourth-order valence-corrected chi connectivity index (χ4v) is 2.28. The van der Waals surface area contributed by atoms with Gasteiger partial charge >= 0.3 is 5.97 Å². The molecular weight excluding hydrogens is 333 g/mol. The van der Waals surface area contributed by atoms with Crippen LogP contribution in [0.25, 0.3) is 6.08 Å². The topological polar surface area (TPSA) is 66.4 Å². The number of carbonyl (C=O) groups excluding carboxylic acids is 1. The number of rotatable bonds is 7. The predicted molar refractivity (Wildman–Crippen MR) is 88.1 cm³/mol. The number of carbonyl (C=O) groups is 2. The summed E-state index contributed by atoms with van der Waals surface area (Å²) in [7, 11) is 0. The Kier molecular flexibility index (Phi) is 7.64. The molecule has 0 aliphatic carbocycles. The zero-order valence-electron chi connectivity index (χ0n) is 11.3. The summed E-state index contributed by atoms with van der Waals surface area (Å²) < 4.78 is 0. The Morgan fingerprint density at radius 3 is 2.67 bits per heavy atom. The summed E-state index contributed by atoms with van der Waals surface area (Å²) >= 11 is 13.2. The molecule has 0 spiro atoms. The van der Waals surface area contributed by atoms with Gasteiger partial charge in [-0.25, -0.2) is 4.79 Å². The van der Waals surface area contributed by atoms with Gasteiger partial charge in [0.05, 0.1) is 10.0 Å². The summed E-state index contributed by atoms with van der Waals surface area (Å²) in [6.45, 7) is 0. The van der Waals surface area contributed by atoms with Crippen LogP contribution in [0.2, 0.25) is 10.0 Å². The van der Waals surface area contributed by atoms with Crippen LogP contribution in [0.5, 0.6) is 0 Å². The molecule has 1 amide bonds. The van der Waals surface area contributed by atoms with E-state index in [9.17, 15) is 9.59 Å². The Morgan fingerprint density at radius 1 is 1.38 bits per heavy atom. The van der Waals surface area contributed by atoms with Crippen LogP contribution in [-0.4, -0.2) is 35.0 Å². The Bertz CT molecular complexity index is 549. The molecule has 0 aliphatic heterocycles. The van der Waals surface area contributed by atoms with E-state index in [1.54, 1.807) is 24.3 Å². The van der Waals surface area contributed by atoms with Crippen LogP contribution in [0.3, 0.4) is 0 Å². The first-order chi connectivity index (χ1) is 9.93. The van der Waals surface area contributed by atoms with Crippen molar-refractivity contribution >= 4 is 52.9 Å². The minimum Gasteiger partial charge on any atom is -0.480 e. The highest BCUT2D eigenvalue weighted by atomic mass is 35.5. The summed E-state index contributed by atoms with van der Waals surface area (Å²) in [5.41, 5.74) is 0.704. The molecule has 4 nitrogen and oxygen atoms in total. The van der Waals surface area contributed by atoms with Crippen molar-refractivity contribution in [2.45, 2.75) is 12.5 Å². The van der Waals surface area contributed by atoms with E-state index < -0.39 is 17.9 Å². The van der Waals surface area contributed by atoms with Crippen molar-refractivity contribution < 1.29 is 14.7 Å². The van der Waals surface area contributed by atoms with Gasteiger partial charge in [0.15, 0.2) is 0 Å². The van der Waals surface area contributed by atoms with Gasteiger partial charge in [0, 0.05) is 6.08 Å². The number of hydrogen-bond donors (Lipinski definition) is 2. The third kappa shape index (κ3) is 6.42. The maximum atomic E-state index is 11.7. The van der Waals surface area contributed by atoms with E-state index in [4.69, 9.17) is 28.3 Å². The van der Waals surface area contributed by atoms with Crippen molar-refractivity contribution in [3.05, 3.63) is 39.9 Å². The minimum absolute atomic E-state index is 0.378. The fourth-order valence-electron chi connectivity index (χ4n) is 1.50. The van der Waals surface area contributed by atoms with E-state index in [0.29, 0.717) is 27.8 Å². The number of amides is 1. The number of hydrogen-bond acceptors (Lipinski definition) is 3. The SMILES string of the molecule is CSCC[C@@H](NC(=O)/C=C/c1ccc(Cl)c(Cl)c1)C(=O)O. The van der Waals surface area contributed by atoms with Gasteiger partial charge < -0.3 is 10.4 Å². The van der Waals surface area contributed by atoms with Crippen molar-refractivity contribution in [2.75, 3.05) is 12.0 Å². The zero-order chi connectivity index (χ0) is 15.8. The summed E-state index contributed by atoms with van der Waals surface area (Å²) in [5.74, 6) is -0.844. The quantitative estimate of drug-likeness (QED) is 0.742. The average Bonchev–Trinajstić information content (AvgIpc) is 2.44. The number of nitrogens with one attached hydrogen (secondary N) is 1. The fraction of sp³-hybridized carbons (Fsp3) is 0.286. The van der Waals surface area contributed by atoms with Crippen molar-refractivity contribution in [3.63, 3.8) is 0 Å². The molecule has 1 rings (SSSR count). The van der Waals surface area contributed by atoms with Crippen molar-refractivity contribution in [1.82, 2.24) is 5.32 Å². The first-order valence-electron chi connectivity index (χ1n) is 6.09. The summed E-state index contributed by atoms with van der Waals surface area (Å²) in [5, 5.41) is 12.3. The first kappa shape index (κ1) is 17.9. The second-order valence-corrected chi connectivity index (χ2v) is 5.99. The lowest BCUT2D eigenvalue weighted by atomic mass is 10.2. The Morgan fingerprint density at radius 2 is 2.10 bits per heavy atom. The lowest BCUT2D eigenvalue weighted by molar-refractivity contribution is -0.141. The third-order valence-corrected chi connectivity index (χ3v) is 3.98. The number of aliphatic carboxylic acids is 1. The van der Waals surface area contributed by atoms with Crippen LogP contribution in [-0.2, 0) is 9.59 Å². The maximum Gasteiger partial charge on any atom is 0.326 e. The zero-order valence-corrected chi connectivity index (χ0v) is 13.6. The number of carboxylic acid groups (broad SMARTS) is 1. The molecule has 1 aromatic rings. The Labute approximate surface area is 137 Å².